The van der Waals surface area contributed by atoms with Crippen LogP contribution in [0.1, 0.15) is 28.9 Å². The topological polar surface area (TPSA) is 47.6 Å². The monoisotopic (exact) mass is 319 g/mol. The third kappa shape index (κ3) is 3.71. The van der Waals surface area contributed by atoms with E-state index >= 15 is 0 Å². The molecular weight excluding hydrogens is 302 g/mol. The number of hydrogen-bond acceptors (Lipinski definition) is 3. The molecule has 4 nitrogen and oxygen atoms in total. The maximum absolute atomic E-state index is 12.3. The molecule has 0 saturated carbocycles. The summed E-state index contributed by atoms with van der Waals surface area (Å²) >= 11 is 6.04. The zero-order chi connectivity index (χ0) is 16.1. The van der Waals surface area contributed by atoms with Crippen molar-refractivity contribution in [1.29, 1.82) is 0 Å². The Balaban J connectivity index is 2.08. The maximum Gasteiger partial charge on any atom is 0.251 e. The molecule has 0 aliphatic heterocycles. The Morgan fingerprint density at radius 3 is 2.32 bits per heavy atom. The first-order valence-electron chi connectivity index (χ1n) is 6.83. The molecule has 0 fully saturated rings. The third-order valence-corrected chi connectivity index (χ3v) is 3.67. The van der Waals surface area contributed by atoms with Gasteiger partial charge in [-0.25, -0.2) is 0 Å². The lowest BCUT2D eigenvalue weighted by Crippen LogP contribution is -2.26. The summed E-state index contributed by atoms with van der Waals surface area (Å²) < 4.78 is 10.2. The van der Waals surface area contributed by atoms with E-state index < -0.39 is 0 Å². The highest BCUT2D eigenvalue weighted by Crippen LogP contribution is 2.25. The summed E-state index contributed by atoms with van der Waals surface area (Å²) in [5, 5.41) is 3.34. The number of amides is 1. The third-order valence-electron chi connectivity index (χ3n) is 3.38. The molecule has 0 saturated heterocycles. The van der Waals surface area contributed by atoms with Crippen LogP contribution in [-0.4, -0.2) is 20.1 Å². The molecule has 0 aliphatic carbocycles. The van der Waals surface area contributed by atoms with Crippen LogP contribution < -0.4 is 14.8 Å². The van der Waals surface area contributed by atoms with E-state index in [4.69, 9.17) is 21.1 Å². The average molecular weight is 320 g/mol. The van der Waals surface area contributed by atoms with Gasteiger partial charge in [-0.2, -0.15) is 0 Å². The van der Waals surface area contributed by atoms with Crippen LogP contribution in [0.25, 0.3) is 0 Å². The van der Waals surface area contributed by atoms with E-state index in [-0.39, 0.29) is 11.9 Å². The highest BCUT2D eigenvalue weighted by Gasteiger charge is 2.13. The van der Waals surface area contributed by atoms with Crippen LogP contribution in [-0.2, 0) is 0 Å². The van der Waals surface area contributed by atoms with E-state index in [1.54, 1.807) is 25.3 Å². The first-order valence-corrected chi connectivity index (χ1v) is 7.21. The molecule has 2 aromatic carbocycles. The zero-order valence-corrected chi connectivity index (χ0v) is 13.5. The highest BCUT2D eigenvalue weighted by atomic mass is 35.5. The number of ether oxygens (including phenoxy) is 2. The van der Waals surface area contributed by atoms with Crippen LogP contribution in [0.2, 0.25) is 5.02 Å². The van der Waals surface area contributed by atoms with Crippen molar-refractivity contribution in [3.05, 3.63) is 58.6 Å². The normalized spacial score (nSPS) is 11.6. The molecule has 1 amide bonds. The van der Waals surface area contributed by atoms with Crippen molar-refractivity contribution in [3.63, 3.8) is 0 Å². The van der Waals surface area contributed by atoms with Gasteiger partial charge < -0.3 is 14.8 Å². The van der Waals surface area contributed by atoms with Crippen molar-refractivity contribution in [2.75, 3.05) is 14.2 Å². The van der Waals surface area contributed by atoms with Gasteiger partial charge in [0.2, 0.25) is 0 Å². The lowest BCUT2D eigenvalue weighted by molar-refractivity contribution is 0.0940. The van der Waals surface area contributed by atoms with E-state index in [1.807, 2.05) is 31.2 Å². The summed E-state index contributed by atoms with van der Waals surface area (Å²) in [4.78, 5) is 12.3. The minimum atomic E-state index is -0.187. The lowest BCUT2D eigenvalue weighted by Gasteiger charge is -2.15. The Bertz CT molecular complexity index is 655. The van der Waals surface area contributed by atoms with Gasteiger partial charge in [0.1, 0.15) is 11.5 Å². The number of benzene rings is 2. The van der Waals surface area contributed by atoms with Gasteiger partial charge in [0.05, 0.1) is 25.3 Å². The summed E-state index contributed by atoms with van der Waals surface area (Å²) in [6.07, 6.45) is 0. The molecule has 0 radical (unpaired) electrons. The Hall–Kier alpha value is -2.20. The Kier molecular flexibility index (Phi) is 5.28. The first-order chi connectivity index (χ1) is 10.5. The van der Waals surface area contributed by atoms with Crippen molar-refractivity contribution in [1.82, 2.24) is 5.32 Å². The Labute approximate surface area is 135 Å². The summed E-state index contributed by atoms with van der Waals surface area (Å²) in [5.74, 6) is 1.14. The molecule has 0 heterocycles. The van der Waals surface area contributed by atoms with E-state index in [1.165, 1.54) is 7.11 Å². The first kappa shape index (κ1) is 16.2. The molecule has 0 aliphatic rings. The number of nitrogens with one attached hydrogen (secondary N) is 1. The minimum Gasteiger partial charge on any atom is -0.497 e. The van der Waals surface area contributed by atoms with Crippen LogP contribution >= 0.6 is 11.6 Å². The fourth-order valence-corrected chi connectivity index (χ4v) is 2.32. The molecule has 1 atom stereocenters. The minimum absolute atomic E-state index is 0.126. The van der Waals surface area contributed by atoms with E-state index in [9.17, 15) is 4.79 Å². The largest absolute Gasteiger partial charge is 0.497 e. The summed E-state index contributed by atoms with van der Waals surface area (Å²) in [7, 11) is 3.15. The second-order valence-corrected chi connectivity index (χ2v) is 5.22. The van der Waals surface area contributed by atoms with Crippen molar-refractivity contribution >= 4 is 17.5 Å². The molecule has 2 rings (SSSR count). The van der Waals surface area contributed by atoms with Gasteiger partial charge in [0.25, 0.3) is 5.91 Å². The van der Waals surface area contributed by atoms with Gasteiger partial charge in [0, 0.05) is 5.56 Å². The number of carbonyl (C=O) groups excluding carboxylic acids is 1. The second kappa shape index (κ2) is 7.18. The standard InChI is InChI=1S/C17H18ClNO3/c1-11(12-4-7-14(21-2)8-5-12)19-17(20)13-6-9-16(22-3)15(18)10-13/h4-11H,1-3H3,(H,19,20). The smallest absolute Gasteiger partial charge is 0.251 e. The number of carbonyl (C=O) groups is 1. The van der Waals surface area contributed by atoms with Gasteiger partial charge in [-0.3, -0.25) is 4.79 Å². The van der Waals surface area contributed by atoms with Gasteiger partial charge in [0.15, 0.2) is 0 Å². The summed E-state index contributed by atoms with van der Waals surface area (Å²) in [5.41, 5.74) is 1.49. The van der Waals surface area contributed by atoms with Crippen LogP contribution in [0.4, 0.5) is 0 Å². The number of rotatable bonds is 5. The molecular formula is C17H18ClNO3. The molecule has 0 aromatic heterocycles. The molecule has 116 valence electrons. The van der Waals surface area contributed by atoms with E-state index in [0.29, 0.717) is 16.3 Å². The van der Waals surface area contributed by atoms with Crippen molar-refractivity contribution < 1.29 is 14.3 Å². The van der Waals surface area contributed by atoms with E-state index in [0.717, 1.165) is 11.3 Å². The molecule has 1 N–H and O–H groups in total. The molecule has 1 unspecified atom stereocenters. The van der Waals surface area contributed by atoms with Gasteiger partial charge >= 0.3 is 0 Å². The lowest BCUT2D eigenvalue weighted by atomic mass is 10.1. The van der Waals surface area contributed by atoms with Crippen LogP contribution in [0, 0.1) is 0 Å². The van der Waals surface area contributed by atoms with Crippen molar-refractivity contribution in [2.45, 2.75) is 13.0 Å². The highest BCUT2D eigenvalue weighted by molar-refractivity contribution is 6.32. The Morgan fingerprint density at radius 2 is 1.77 bits per heavy atom. The number of halogens is 1. The summed E-state index contributed by atoms with van der Waals surface area (Å²) in [6.45, 7) is 1.92. The quantitative estimate of drug-likeness (QED) is 0.910. The SMILES string of the molecule is COc1ccc(C(C)NC(=O)c2ccc(OC)c(Cl)c2)cc1. The molecule has 0 spiro atoms. The summed E-state index contributed by atoms with van der Waals surface area (Å²) in [6, 6.07) is 12.4. The number of hydrogen-bond donors (Lipinski definition) is 1. The van der Waals surface area contributed by atoms with Crippen molar-refractivity contribution in [3.8, 4) is 11.5 Å². The maximum atomic E-state index is 12.3. The second-order valence-electron chi connectivity index (χ2n) is 4.82. The van der Waals surface area contributed by atoms with Gasteiger partial charge in [-0.15, -0.1) is 0 Å². The Morgan fingerprint density at radius 1 is 1.09 bits per heavy atom. The molecule has 22 heavy (non-hydrogen) atoms. The van der Waals surface area contributed by atoms with E-state index in [2.05, 4.69) is 5.32 Å². The molecule has 5 heteroatoms. The predicted octanol–water partition coefficient (Wildman–Crippen LogP) is 3.85. The van der Waals surface area contributed by atoms with Crippen molar-refractivity contribution in [2.24, 2.45) is 0 Å². The molecule has 2 aromatic rings. The molecule has 0 bridgehead atoms. The van der Waals surface area contributed by atoms with Gasteiger partial charge in [-0.05, 0) is 42.8 Å². The fourth-order valence-electron chi connectivity index (χ4n) is 2.06. The van der Waals surface area contributed by atoms with Gasteiger partial charge in [-0.1, -0.05) is 23.7 Å². The van der Waals surface area contributed by atoms with Crippen LogP contribution in [0.5, 0.6) is 11.5 Å². The van der Waals surface area contributed by atoms with Crippen LogP contribution in [0.3, 0.4) is 0 Å². The fraction of sp³-hybridized carbons (Fsp3) is 0.235. The predicted molar refractivity (Wildman–Crippen MR) is 86.9 cm³/mol. The zero-order valence-electron chi connectivity index (χ0n) is 12.7. The average Bonchev–Trinajstić information content (AvgIpc) is 2.54. The van der Waals surface area contributed by atoms with Crippen LogP contribution in [0.15, 0.2) is 42.5 Å². The number of methoxy groups -OCH3 is 2.